The van der Waals surface area contributed by atoms with Crippen LogP contribution in [0.1, 0.15) is 19.3 Å². The van der Waals surface area contributed by atoms with Crippen LogP contribution in [0.3, 0.4) is 0 Å². The second-order valence-corrected chi connectivity index (χ2v) is 7.83. The van der Waals surface area contributed by atoms with Crippen LogP contribution in [0.5, 0.6) is 0 Å². The number of carbonyl (C=O) groups is 2. The van der Waals surface area contributed by atoms with E-state index < -0.39 is 10.0 Å². The SMILES string of the molecule is CN1CC[C@H](C(=O)N2CCCN(S(C)(=O)=O)CC2)CC1=O. The number of sulfonamides is 1. The third-order valence-corrected chi connectivity index (χ3v) is 5.55. The highest BCUT2D eigenvalue weighted by molar-refractivity contribution is 7.88. The van der Waals surface area contributed by atoms with Crippen LogP contribution in [0.15, 0.2) is 0 Å². The summed E-state index contributed by atoms with van der Waals surface area (Å²) >= 11 is 0. The molecule has 2 amide bonds. The second kappa shape index (κ2) is 6.31. The summed E-state index contributed by atoms with van der Waals surface area (Å²) in [6.45, 7) is 2.37. The first-order valence-corrected chi connectivity index (χ1v) is 9.12. The van der Waals surface area contributed by atoms with Crippen LogP contribution in [0.2, 0.25) is 0 Å². The van der Waals surface area contributed by atoms with Gasteiger partial charge in [-0.2, -0.15) is 0 Å². The van der Waals surface area contributed by atoms with Crippen molar-refractivity contribution in [3.63, 3.8) is 0 Å². The molecule has 0 aromatic heterocycles. The van der Waals surface area contributed by atoms with Crippen molar-refractivity contribution in [2.75, 3.05) is 46.0 Å². The predicted octanol–water partition coefficient (Wildman–Crippen LogP) is -0.651. The molecule has 2 aliphatic rings. The second-order valence-electron chi connectivity index (χ2n) is 5.85. The Labute approximate surface area is 125 Å². The van der Waals surface area contributed by atoms with Gasteiger partial charge in [0, 0.05) is 52.1 Å². The minimum atomic E-state index is -3.20. The Balaban J connectivity index is 1.96. The smallest absolute Gasteiger partial charge is 0.226 e. The normalized spacial score (nSPS) is 25.8. The van der Waals surface area contributed by atoms with E-state index in [0.29, 0.717) is 45.6 Å². The molecular weight excluding hydrogens is 294 g/mol. The van der Waals surface area contributed by atoms with Crippen molar-refractivity contribution in [1.29, 1.82) is 0 Å². The van der Waals surface area contributed by atoms with Gasteiger partial charge >= 0.3 is 0 Å². The minimum Gasteiger partial charge on any atom is -0.346 e. The minimum absolute atomic E-state index is 0.00665. The van der Waals surface area contributed by atoms with E-state index >= 15 is 0 Å². The molecule has 2 saturated heterocycles. The summed E-state index contributed by atoms with van der Waals surface area (Å²) in [5, 5.41) is 0. The molecule has 2 rings (SSSR count). The molecule has 0 unspecified atom stereocenters. The average Bonchev–Trinajstić information content (AvgIpc) is 2.66. The Morgan fingerprint density at radius 2 is 1.86 bits per heavy atom. The number of likely N-dealkylation sites (tertiary alicyclic amines) is 1. The van der Waals surface area contributed by atoms with Gasteiger partial charge in [0.1, 0.15) is 0 Å². The molecule has 120 valence electrons. The molecule has 21 heavy (non-hydrogen) atoms. The topological polar surface area (TPSA) is 78.0 Å². The monoisotopic (exact) mass is 317 g/mol. The lowest BCUT2D eigenvalue weighted by molar-refractivity contribution is -0.144. The molecule has 0 spiro atoms. The maximum atomic E-state index is 12.5. The van der Waals surface area contributed by atoms with Crippen molar-refractivity contribution >= 4 is 21.8 Å². The van der Waals surface area contributed by atoms with Crippen molar-refractivity contribution < 1.29 is 18.0 Å². The molecule has 0 bridgehead atoms. The number of amides is 2. The van der Waals surface area contributed by atoms with E-state index in [1.165, 1.54) is 10.6 Å². The van der Waals surface area contributed by atoms with Gasteiger partial charge < -0.3 is 9.80 Å². The predicted molar refractivity (Wildman–Crippen MR) is 78.0 cm³/mol. The van der Waals surface area contributed by atoms with Gasteiger partial charge in [0.15, 0.2) is 0 Å². The van der Waals surface area contributed by atoms with Crippen LogP contribution < -0.4 is 0 Å². The summed E-state index contributed by atoms with van der Waals surface area (Å²) in [5.41, 5.74) is 0. The van der Waals surface area contributed by atoms with Crippen LogP contribution >= 0.6 is 0 Å². The van der Waals surface area contributed by atoms with E-state index in [1.54, 1.807) is 16.8 Å². The molecule has 2 heterocycles. The Morgan fingerprint density at radius 3 is 2.48 bits per heavy atom. The number of nitrogens with zero attached hydrogens (tertiary/aromatic N) is 3. The standard InChI is InChI=1S/C13H23N3O4S/c1-14-7-4-11(10-12(14)17)13(18)15-5-3-6-16(9-8-15)21(2,19)20/h11H,3-10H2,1-2H3/t11-/m0/s1. The van der Waals surface area contributed by atoms with Crippen LogP contribution in [-0.4, -0.2) is 80.4 Å². The molecular formula is C13H23N3O4S. The molecule has 0 saturated carbocycles. The zero-order chi connectivity index (χ0) is 15.6. The Morgan fingerprint density at radius 1 is 1.14 bits per heavy atom. The summed E-state index contributed by atoms with van der Waals surface area (Å²) in [6.07, 6.45) is 2.79. The van der Waals surface area contributed by atoms with Crippen molar-refractivity contribution in [1.82, 2.24) is 14.1 Å². The van der Waals surface area contributed by atoms with E-state index in [-0.39, 0.29) is 24.2 Å². The van der Waals surface area contributed by atoms with Gasteiger partial charge in [-0.15, -0.1) is 0 Å². The summed E-state index contributed by atoms with van der Waals surface area (Å²) in [6, 6.07) is 0. The molecule has 7 nitrogen and oxygen atoms in total. The number of piperidine rings is 1. The highest BCUT2D eigenvalue weighted by atomic mass is 32.2. The lowest BCUT2D eigenvalue weighted by atomic mass is 9.95. The van der Waals surface area contributed by atoms with Gasteiger partial charge in [-0.1, -0.05) is 0 Å². The first-order valence-electron chi connectivity index (χ1n) is 7.27. The van der Waals surface area contributed by atoms with Gasteiger partial charge in [0.25, 0.3) is 0 Å². The third kappa shape index (κ3) is 3.94. The number of rotatable bonds is 2. The zero-order valence-corrected chi connectivity index (χ0v) is 13.4. The maximum absolute atomic E-state index is 12.5. The van der Waals surface area contributed by atoms with Crippen LogP contribution in [0, 0.1) is 5.92 Å². The van der Waals surface area contributed by atoms with Gasteiger partial charge in [0.05, 0.1) is 6.26 Å². The molecule has 8 heteroatoms. The Hall–Kier alpha value is -1.15. The molecule has 1 atom stereocenters. The van der Waals surface area contributed by atoms with Crippen LogP contribution in [0.25, 0.3) is 0 Å². The Kier molecular flexibility index (Phi) is 4.88. The van der Waals surface area contributed by atoms with Crippen molar-refractivity contribution in [3.05, 3.63) is 0 Å². The molecule has 0 aromatic rings. The summed E-state index contributed by atoms with van der Waals surface area (Å²) < 4.78 is 24.6. The van der Waals surface area contributed by atoms with E-state index in [1.807, 2.05) is 0 Å². The fourth-order valence-corrected chi connectivity index (χ4v) is 3.73. The molecule has 0 aromatic carbocycles. The van der Waals surface area contributed by atoms with Gasteiger partial charge in [-0.3, -0.25) is 9.59 Å². The fraction of sp³-hybridized carbons (Fsp3) is 0.846. The Bertz CT molecular complexity index is 520. The van der Waals surface area contributed by atoms with E-state index in [9.17, 15) is 18.0 Å². The van der Waals surface area contributed by atoms with Gasteiger partial charge in [0.2, 0.25) is 21.8 Å². The quantitative estimate of drug-likeness (QED) is 0.678. The van der Waals surface area contributed by atoms with Crippen molar-refractivity contribution in [3.8, 4) is 0 Å². The molecule has 0 radical (unpaired) electrons. The summed E-state index contributed by atoms with van der Waals surface area (Å²) in [4.78, 5) is 27.6. The van der Waals surface area contributed by atoms with Crippen LogP contribution in [-0.2, 0) is 19.6 Å². The first-order chi connectivity index (χ1) is 9.79. The van der Waals surface area contributed by atoms with E-state index in [0.717, 1.165) is 0 Å². The number of hydrogen-bond donors (Lipinski definition) is 0. The fourth-order valence-electron chi connectivity index (χ4n) is 2.86. The lowest BCUT2D eigenvalue weighted by Gasteiger charge is -2.31. The van der Waals surface area contributed by atoms with Crippen molar-refractivity contribution in [2.45, 2.75) is 19.3 Å². The summed E-state index contributed by atoms with van der Waals surface area (Å²) in [5.74, 6) is -0.252. The highest BCUT2D eigenvalue weighted by Gasteiger charge is 2.32. The molecule has 2 fully saturated rings. The lowest BCUT2D eigenvalue weighted by Crippen LogP contribution is -2.45. The average molecular weight is 317 g/mol. The van der Waals surface area contributed by atoms with Crippen molar-refractivity contribution in [2.24, 2.45) is 5.92 Å². The summed E-state index contributed by atoms with van der Waals surface area (Å²) in [7, 11) is -1.46. The molecule has 0 aliphatic carbocycles. The van der Waals surface area contributed by atoms with E-state index in [2.05, 4.69) is 0 Å². The third-order valence-electron chi connectivity index (χ3n) is 4.24. The molecule has 0 N–H and O–H groups in total. The molecule has 2 aliphatic heterocycles. The highest BCUT2D eigenvalue weighted by Crippen LogP contribution is 2.21. The van der Waals surface area contributed by atoms with E-state index in [4.69, 9.17) is 0 Å². The largest absolute Gasteiger partial charge is 0.346 e. The first kappa shape index (κ1) is 16.2. The number of hydrogen-bond acceptors (Lipinski definition) is 4. The van der Waals surface area contributed by atoms with Gasteiger partial charge in [-0.25, -0.2) is 12.7 Å². The number of carbonyl (C=O) groups excluding carboxylic acids is 2. The zero-order valence-electron chi connectivity index (χ0n) is 12.6. The van der Waals surface area contributed by atoms with Gasteiger partial charge in [-0.05, 0) is 12.8 Å². The van der Waals surface area contributed by atoms with Crippen LogP contribution in [0.4, 0.5) is 0 Å². The maximum Gasteiger partial charge on any atom is 0.226 e.